The number of pyridine rings is 1. The van der Waals surface area contributed by atoms with E-state index in [2.05, 4.69) is 13.8 Å². The van der Waals surface area contributed by atoms with Crippen LogP contribution in [0.4, 0.5) is 0 Å². The predicted octanol–water partition coefficient (Wildman–Crippen LogP) is 1.81. The molecule has 0 aliphatic rings. The van der Waals surface area contributed by atoms with Crippen molar-refractivity contribution in [1.82, 2.24) is 0 Å². The Bertz CT molecular complexity index is 334. The van der Waals surface area contributed by atoms with Gasteiger partial charge in [-0.1, -0.05) is 13.8 Å². The van der Waals surface area contributed by atoms with Crippen molar-refractivity contribution >= 4 is 5.97 Å². The maximum atomic E-state index is 11.4. The molecule has 3 heteroatoms. The highest BCUT2D eigenvalue weighted by atomic mass is 16.5. The van der Waals surface area contributed by atoms with Gasteiger partial charge in [-0.2, -0.15) is 0 Å². The lowest BCUT2D eigenvalue weighted by Crippen LogP contribution is -2.36. The average Bonchev–Trinajstić information content (AvgIpc) is 2.17. The van der Waals surface area contributed by atoms with Crippen LogP contribution in [0, 0.1) is 5.92 Å². The Morgan fingerprint density at radius 2 is 2.27 bits per heavy atom. The summed E-state index contributed by atoms with van der Waals surface area (Å²) in [5.74, 6) is 0.308. The summed E-state index contributed by atoms with van der Waals surface area (Å²) in [6, 6.07) is 3.64. The van der Waals surface area contributed by atoms with Crippen LogP contribution in [0.1, 0.15) is 31.1 Å². The third-order valence-electron chi connectivity index (χ3n) is 1.95. The molecular formula is C12H18NO2+. The number of rotatable bonds is 4. The van der Waals surface area contributed by atoms with E-state index < -0.39 is 0 Å². The molecule has 1 rings (SSSR count). The highest BCUT2D eigenvalue weighted by molar-refractivity contribution is 5.88. The molecule has 0 aromatic carbocycles. The molecule has 15 heavy (non-hydrogen) atoms. The van der Waals surface area contributed by atoms with Crippen LogP contribution in [0.5, 0.6) is 0 Å². The van der Waals surface area contributed by atoms with Gasteiger partial charge in [0.25, 0.3) is 0 Å². The Balaban J connectivity index is 2.78. The van der Waals surface area contributed by atoms with Crippen molar-refractivity contribution in [1.29, 1.82) is 0 Å². The molecule has 0 unspecified atom stereocenters. The summed E-state index contributed by atoms with van der Waals surface area (Å²) in [4.78, 5) is 11.4. The van der Waals surface area contributed by atoms with E-state index in [0.29, 0.717) is 18.1 Å². The summed E-state index contributed by atoms with van der Waals surface area (Å²) < 4.78 is 6.95. The number of hydrogen-bond donors (Lipinski definition) is 0. The third-order valence-corrected chi connectivity index (χ3v) is 1.95. The van der Waals surface area contributed by atoms with E-state index in [4.69, 9.17) is 4.74 Å². The van der Waals surface area contributed by atoms with Crippen molar-refractivity contribution in [2.75, 3.05) is 6.61 Å². The van der Waals surface area contributed by atoms with Crippen molar-refractivity contribution in [3.05, 3.63) is 30.1 Å². The van der Waals surface area contributed by atoms with Gasteiger partial charge < -0.3 is 4.74 Å². The SMILES string of the molecule is CCOC(=O)c1ccc[n+](CC(C)C)c1. The molecule has 0 saturated heterocycles. The minimum atomic E-state index is -0.254. The van der Waals surface area contributed by atoms with E-state index in [-0.39, 0.29) is 5.97 Å². The summed E-state index contributed by atoms with van der Waals surface area (Å²) in [6.45, 7) is 7.42. The molecule has 1 aromatic rings. The second kappa shape index (κ2) is 5.49. The Hall–Kier alpha value is -1.38. The number of hydrogen-bond acceptors (Lipinski definition) is 2. The van der Waals surface area contributed by atoms with Crippen LogP contribution in [0.2, 0.25) is 0 Å². The molecule has 0 spiro atoms. The molecule has 82 valence electrons. The molecule has 0 amide bonds. The van der Waals surface area contributed by atoms with E-state index in [1.54, 1.807) is 6.07 Å². The number of aromatic nitrogens is 1. The lowest BCUT2D eigenvalue weighted by Gasteiger charge is -2.02. The van der Waals surface area contributed by atoms with E-state index in [9.17, 15) is 4.79 Å². The molecular weight excluding hydrogens is 190 g/mol. The predicted molar refractivity (Wildman–Crippen MR) is 57.4 cm³/mol. The highest BCUT2D eigenvalue weighted by Gasteiger charge is 2.11. The summed E-state index contributed by atoms with van der Waals surface area (Å²) >= 11 is 0. The normalized spacial score (nSPS) is 10.4. The molecule has 1 aromatic heterocycles. The van der Waals surface area contributed by atoms with Gasteiger partial charge in [0.15, 0.2) is 18.9 Å². The lowest BCUT2D eigenvalue weighted by molar-refractivity contribution is -0.702. The summed E-state index contributed by atoms with van der Waals surface area (Å²) in [6.07, 6.45) is 3.79. The minimum absolute atomic E-state index is 0.254. The van der Waals surface area contributed by atoms with Crippen LogP contribution in [0.3, 0.4) is 0 Å². The average molecular weight is 208 g/mol. The van der Waals surface area contributed by atoms with Crippen molar-refractivity contribution in [3.8, 4) is 0 Å². The first-order chi connectivity index (χ1) is 7.13. The van der Waals surface area contributed by atoms with E-state index in [0.717, 1.165) is 6.54 Å². The van der Waals surface area contributed by atoms with Crippen molar-refractivity contribution < 1.29 is 14.1 Å². The van der Waals surface area contributed by atoms with Gasteiger partial charge in [-0.15, -0.1) is 0 Å². The maximum Gasteiger partial charge on any atom is 0.344 e. The molecule has 0 atom stereocenters. The molecule has 0 radical (unpaired) electrons. The smallest absolute Gasteiger partial charge is 0.344 e. The van der Waals surface area contributed by atoms with Gasteiger partial charge in [0, 0.05) is 12.0 Å². The topological polar surface area (TPSA) is 30.2 Å². The number of carbonyl (C=O) groups excluding carboxylic acids is 1. The fourth-order valence-corrected chi connectivity index (χ4v) is 1.39. The first kappa shape index (κ1) is 11.7. The number of ether oxygens (including phenoxy) is 1. The highest BCUT2D eigenvalue weighted by Crippen LogP contribution is 1.99. The Labute approximate surface area is 90.7 Å². The van der Waals surface area contributed by atoms with Crippen LogP contribution in [-0.4, -0.2) is 12.6 Å². The zero-order valence-corrected chi connectivity index (χ0v) is 9.56. The first-order valence-corrected chi connectivity index (χ1v) is 5.29. The largest absolute Gasteiger partial charge is 0.462 e. The van der Waals surface area contributed by atoms with Gasteiger partial charge >= 0.3 is 5.97 Å². The zero-order valence-electron chi connectivity index (χ0n) is 9.56. The van der Waals surface area contributed by atoms with E-state index in [1.807, 2.05) is 30.0 Å². The van der Waals surface area contributed by atoms with Crippen molar-refractivity contribution in [2.45, 2.75) is 27.3 Å². The lowest BCUT2D eigenvalue weighted by atomic mass is 10.2. The summed E-state index contributed by atoms with van der Waals surface area (Å²) in [5, 5.41) is 0. The van der Waals surface area contributed by atoms with Gasteiger partial charge in [-0.25, -0.2) is 9.36 Å². The monoisotopic (exact) mass is 208 g/mol. The Kier molecular flexibility index (Phi) is 4.28. The quantitative estimate of drug-likeness (QED) is 0.558. The fourth-order valence-electron chi connectivity index (χ4n) is 1.39. The molecule has 0 fully saturated rings. The van der Waals surface area contributed by atoms with Crippen molar-refractivity contribution in [3.63, 3.8) is 0 Å². The Morgan fingerprint density at radius 1 is 1.53 bits per heavy atom. The molecule has 1 heterocycles. The van der Waals surface area contributed by atoms with E-state index in [1.165, 1.54) is 0 Å². The zero-order chi connectivity index (χ0) is 11.3. The third kappa shape index (κ3) is 3.70. The standard InChI is InChI=1S/C12H18NO2/c1-4-15-12(14)11-6-5-7-13(9-11)8-10(2)3/h5-7,9-10H,4,8H2,1-3H3/q+1. The number of nitrogens with zero attached hydrogens (tertiary/aromatic N) is 1. The van der Waals surface area contributed by atoms with Crippen molar-refractivity contribution in [2.24, 2.45) is 5.92 Å². The summed E-state index contributed by atoms with van der Waals surface area (Å²) in [7, 11) is 0. The minimum Gasteiger partial charge on any atom is -0.462 e. The Morgan fingerprint density at radius 3 is 2.87 bits per heavy atom. The van der Waals surface area contributed by atoms with Gasteiger partial charge in [-0.3, -0.25) is 0 Å². The fraction of sp³-hybridized carbons (Fsp3) is 0.500. The van der Waals surface area contributed by atoms with Crippen LogP contribution in [-0.2, 0) is 11.3 Å². The van der Waals surface area contributed by atoms with Crippen LogP contribution in [0.15, 0.2) is 24.5 Å². The van der Waals surface area contributed by atoms with Gasteiger partial charge in [0.1, 0.15) is 5.56 Å². The van der Waals surface area contributed by atoms with Crippen LogP contribution in [0.25, 0.3) is 0 Å². The summed E-state index contributed by atoms with van der Waals surface area (Å²) in [5.41, 5.74) is 0.611. The maximum absolute atomic E-state index is 11.4. The molecule has 0 N–H and O–H groups in total. The second-order valence-electron chi connectivity index (χ2n) is 3.90. The van der Waals surface area contributed by atoms with E-state index >= 15 is 0 Å². The first-order valence-electron chi connectivity index (χ1n) is 5.29. The molecule has 0 aliphatic heterocycles. The number of carbonyl (C=O) groups is 1. The number of esters is 1. The molecule has 0 saturated carbocycles. The van der Waals surface area contributed by atoms with Crippen LogP contribution < -0.4 is 4.57 Å². The van der Waals surface area contributed by atoms with Gasteiger partial charge in [0.05, 0.1) is 6.61 Å². The van der Waals surface area contributed by atoms with Crippen LogP contribution >= 0.6 is 0 Å². The second-order valence-corrected chi connectivity index (χ2v) is 3.90. The van der Waals surface area contributed by atoms with Gasteiger partial charge in [0.2, 0.25) is 0 Å². The molecule has 3 nitrogen and oxygen atoms in total. The molecule has 0 bridgehead atoms. The van der Waals surface area contributed by atoms with Gasteiger partial charge in [-0.05, 0) is 13.0 Å². The molecule has 0 aliphatic carbocycles.